The van der Waals surface area contributed by atoms with Gasteiger partial charge in [0.2, 0.25) is 0 Å². The topological polar surface area (TPSA) is 50.4 Å². The first-order valence-corrected chi connectivity index (χ1v) is 7.90. The van der Waals surface area contributed by atoms with Gasteiger partial charge in [0, 0.05) is 17.4 Å². The zero-order chi connectivity index (χ0) is 18.4. The molecule has 3 aromatic rings. The third-order valence-electron chi connectivity index (χ3n) is 3.54. The molecule has 0 radical (unpaired) electrons. The molecule has 0 unspecified atom stereocenters. The number of benzene rings is 3. The summed E-state index contributed by atoms with van der Waals surface area (Å²) < 4.78 is 31.7. The van der Waals surface area contributed by atoms with Crippen molar-refractivity contribution in [2.45, 2.75) is 6.61 Å². The highest BCUT2D eigenvalue weighted by Crippen LogP contribution is 2.18. The molecule has 0 aromatic heterocycles. The van der Waals surface area contributed by atoms with E-state index in [9.17, 15) is 13.6 Å². The van der Waals surface area contributed by atoms with E-state index in [0.717, 1.165) is 17.7 Å². The molecule has 0 aliphatic carbocycles. The van der Waals surface area contributed by atoms with Gasteiger partial charge in [-0.15, -0.1) is 0 Å². The Bertz CT molecular complexity index is 884. The molecule has 132 valence electrons. The van der Waals surface area contributed by atoms with Crippen LogP contribution in [0.25, 0.3) is 0 Å². The quantitative estimate of drug-likeness (QED) is 0.663. The summed E-state index contributed by atoms with van der Waals surface area (Å²) >= 11 is 0. The van der Waals surface area contributed by atoms with Crippen LogP contribution >= 0.6 is 0 Å². The largest absolute Gasteiger partial charge is 0.489 e. The van der Waals surface area contributed by atoms with E-state index in [2.05, 4.69) is 10.6 Å². The molecule has 26 heavy (non-hydrogen) atoms. The van der Waals surface area contributed by atoms with Crippen LogP contribution in [0.5, 0.6) is 5.75 Å². The van der Waals surface area contributed by atoms with E-state index in [1.54, 1.807) is 24.3 Å². The number of urea groups is 1. The number of carbonyl (C=O) groups is 1. The second-order valence-electron chi connectivity index (χ2n) is 5.51. The van der Waals surface area contributed by atoms with Crippen molar-refractivity contribution in [3.8, 4) is 5.75 Å². The molecule has 6 heteroatoms. The van der Waals surface area contributed by atoms with Crippen molar-refractivity contribution in [2.75, 3.05) is 10.6 Å². The molecular weight excluding hydrogens is 338 g/mol. The molecule has 2 amide bonds. The van der Waals surface area contributed by atoms with E-state index in [4.69, 9.17) is 4.74 Å². The van der Waals surface area contributed by atoms with Gasteiger partial charge in [-0.25, -0.2) is 13.6 Å². The number of halogens is 2. The van der Waals surface area contributed by atoms with E-state index in [-0.39, 0.29) is 5.69 Å². The number of amides is 2. The molecule has 4 nitrogen and oxygen atoms in total. The van der Waals surface area contributed by atoms with Gasteiger partial charge in [-0.1, -0.05) is 30.3 Å². The summed E-state index contributed by atoms with van der Waals surface area (Å²) in [5, 5.41) is 5.04. The summed E-state index contributed by atoms with van der Waals surface area (Å²) in [6, 6.07) is 19.2. The van der Waals surface area contributed by atoms with Crippen molar-refractivity contribution in [1.82, 2.24) is 0 Å². The molecule has 0 saturated carbocycles. The van der Waals surface area contributed by atoms with Crippen molar-refractivity contribution < 1.29 is 18.3 Å². The number of ether oxygens (including phenoxy) is 1. The van der Waals surface area contributed by atoms with Gasteiger partial charge in [-0.3, -0.25) is 0 Å². The Morgan fingerprint density at radius 3 is 2.15 bits per heavy atom. The molecule has 0 atom stereocenters. The second-order valence-corrected chi connectivity index (χ2v) is 5.51. The monoisotopic (exact) mass is 354 g/mol. The maximum absolute atomic E-state index is 13.1. The molecule has 0 saturated heterocycles. The predicted octanol–water partition coefficient (Wildman–Crippen LogP) is 5.19. The fraction of sp³-hybridized carbons (Fsp3) is 0.0500. The van der Waals surface area contributed by atoms with E-state index in [0.29, 0.717) is 18.0 Å². The maximum Gasteiger partial charge on any atom is 0.323 e. The van der Waals surface area contributed by atoms with Crippen LogP contribution in [0.15, 0.2) is 72.8 Å². The Hall–Kier alpha value is -3.41. The van der Waals surface area contributed by atoms with Crippen LogP contribution in [-0.4, -0.2) is 6.03 Å². The van der Waals surface area contributed by atoms with Crippen molar-refractivity contribution in [1.29, 1.82) is 0 Å². The van der Waals surface area contributed by atoms with Gasteiger partial charge in [0.05, 0.1) is 0 Å². The first kappa shape index (κ1) is 17.4. The van der Waals surface area contributed by atoms with Gasteiger partial charge in [0.1, 0.15) is 12.4 Å². The zero-order valence-electron chi connectivity index (χ0n) is 13.7. The van der Waals surface area contributed by atoms with Gasteiger partial charge < -0.3 is 15.4 Å². The fourth-order valence-electron chi connectivity index (χ4n) is 2.24. The molecular formula is C20H16F2N2O2. The number of nitrogens with one attached hydrogen (secondary N) is 2. The molecule has 3 rings (SSSR count). The normalized spacial score (nSPS) is 10.2. The van der Waals surface area contributed by atoms with Gasteiger partial charge >= 0.3 is 6.03 Å². The summed E-state index contributed by atoms with van der Waals surface area (Å²) in [6.07, 6.45) is 0. The highest BCUT2D eigenvalue weighted by molar-refractivity contribution is 5.99. The minimum atomic E-state index is -1.03. The molecule has 3 aromatic carbocycles. The van der Waals surface area contributed by atoms with Crippen molar-refractivity contribution in [3.05, 3.63) is 90.0 Å². The Morgan fingerprint density at radius 1 is 0.808 bits per heavy atom. The van der Waals surface area contributed by atoms with Crippen LogP contribution in [0, 0.1) is 11.6 Å². The Labute approximate surface area is 149 Å². The van der Waals surface area contributed by atoms with E-state index >= 15 is 0 Å². The van der Waals surface area contributed by atoms with Gasteiger partial charge in [-0.05, 0) is 42.0 Å². The number of hydrogen-bond donors (Lipinski definition) is 2. The fourth-order valence-corrected chi connectivity index (χ4v) is 2.24. The molecule has 0 aliphatic rings. The summed E-state index contributed by atoms with van der Waals surface area (Å²) in [5.74, 6) is -1.33. The SMILES string of the molecule is O=C(Nc1ccc(OCc2ccccc2)cc1)Nc1ccc(F)c(F)c1. The Kier molecular flexibility index (Phi) is 5.43. The predicted molar refractivity (Wildman–Crippen MR) is 96.2 cm³/mol. The second kappa shape index (κ2) is 8.11. The number of rotatable bonds is 5. The number of hydrogen-bond acceptors (Lipinski definition) is 2. The lowest BCUT2D eigenvalue weighted by atomic mass is 10.2. The van der Waals surface area contributed by atoms with E-state index in [1.165, 1.54) is 6.07 Å². The molecule has 0 heterocycles. The van der Waals surface area contributed by atoms with Crippen LogP contribution in [0.3, 0.4) is 0 Å². The first-order valence-electron chi connectivity index (χ1n) is 7.90. The highest BCUT2D eigenvalue weighted by Gasteiger charge is 2.06. The average Bonchev–Trinajstić information content (AvgIpc) is 2.65. The summed E-state index contributed by atoms with van der Waals surface area (Å²) in [6.45, 7) is 0.449. The Morgan fingerprint density at radius 2 is 1.46 bits per heavy atom. The molecule has 2 N–H and O–H groups in total. The molecule has 0 fully saturated rings. The van der Waals surface area contributed by atoms with E-state index in [1.807, 2.05) is 30.3 Å². The van der Waals surface area contributed by atoms with Crippen molar-refractivity contribution in [2.24, 2.45) is 0 Å². The Balaban J connectivity index is 1.53. The number of anilines is 2. The lowest BCUT2D eigenvalue weighted by Crippen LogP contribution is -2.19. The summed E-state index contributed by atoms with van der Waals surface area (Å²) in [4.78, 5) is 11.9. The van der Waals surface area contributed by atoms with Crippen LogP contribution in [-0.2, 0) is 6.61 Å². The van der Waals surface area contributed by atoms with Crippen LogP contribution in [0.1, 0.15) is 5.56 Å². The van der Waals surface area contributed by atoms with Crippen LogP contribution in [0.2, 0.25) is 0 Å². The van der Waals surface area contributed by atoms with E-state index < -0.39 is 17.7 Å². The lowest BCUT2D eigenvalue weighted by molar-refractivity contribution is 0.262. The van der Waals surface area contributed by atoms with Crippen LogP contribution in [0.4, 0.5) is 25.0 Å². The molecule has 0 aliphatic heterocycles. The van der Waals surface area contributed by atoms with Crippen molar-refractivity contribution in [3.63, 3.8) is 0 Å². The van der Waals surface area contributed by atoms with Gasteiger partial charge in [-0.2, -0.15) is 0 Å². The van der Waals surface area contributed by atoms with Gasteiger partial charge in [0.25, 0.3) is 0 Å². The minimum Gasteiger partial charge on any atom is -0.489 e. The summed E-state index contributed by atoms with van der Waals surface area (Å²) in [7, 11) is 0. The lowest BCUT2D eigenvalue weighted by Gasteiger charge is -2.10. The highest BCUT2D eigenvalue weighted by atomic mass is 19.2. The third kappa shape index (κ3) is 4.80. The minimum absolute atomic E-state index is 0.157. The van der Waals surface area contributed by atoms with Crippen LogP contribution < -0.4 is 15.4 Å². The average molecular weight is 354 g/mol. The van der Waals surface area contributed by atoms with Crippen molar-refractivity contribution >= 4 is 17.4 Å². The molecule has 0 spiro atoms. The van der Waals surface area contributed by atoms with Gasteiger partial charge in [0.15, 0.2) is 11.6 Å². The summed E-state index contributed by atoms with van der Waals surface area (Å²) in [5.41, 5.74) is 1.75. The first-order chi connectivity index (χ1) is 12.6. The standard InChI is InChI=1S/C20H16F2N2O2/c21-18-11-8-16(12-19(18)22)24-20(25)23-15-6-9-17(10-7-15)26-13-14-4-2-1-3-5-14/h1-12H,13H2,(H2,23,24,25). The zero-order valence-corrected chi connectivity index (χ0v) is 13.7. The smallest absolute Gasteiger partial charge is 0.323 e. The third-order valence-corrected chi connectivity index (χ3v) is 3.54. The molecule has 0 bridgehead atoms. The maximum atomic E-state index is 13.1. The number of carbonyl (C=O) groups excluding carboxylic acids is 1.